The Morgan fingerprint density at radius 1 is 0.390 bits per heavy atom. The van der Waals surface area contributed by atoms with Gasteiger partial charge >= 0.3 is 0 Å². The molecule has 0 saturated heterocycles. The molecule has 0 aliphatic heterocycles. The number of aromatic hydroxyl groups is 4. The third-order valence-electron chi connectivity index (χ3n) is 17.1. The summed E-state index contributed by atoms with van der Waals surface area (Å²) in [6, 6.07) is 8.98. The zero-order valence-electron chi connectivity index (χ0n) is 39.2. The van der Waals surface area contributed by atoms with Crippen LogP contribution in [0.2, 0.25) is 0 Å². The van der Waals surface area contributed by atoms with E-state index in [0.29, 0.717) is 34.8 Å². The van der Waals surface area contributed by atoms with Crippen LogP contribution in [-0.4, -0.2) is 20.4 Å². The summed E-state index contributed by atoms with van der Waals surface area (Å²) < 4.78 is 0. The van der Waals surface area contributed by atoms with Gasteiger partial charge in [-0.2, -0.15) is 0 Å². The van der Waals surface area contributed by atoms with Gasteiger partial charge in [-0.15, -0.1) is 0 Å². The van der Waals surface area contributed by atoms with Gasteiger partial charge in [0.1, 0.15) is 23.0 Å². The molecule has 2 saturated carbocycles. The number of hydrogen-bond donors (Lipinski definition) is 4. The average Bonchev–Trinajstić information content (AvgIpc) is 3.20. The molecule has 4 nitrogen and oxygen atoms in total. The third-order valence-corrected chi connectivity index (χ3v) is 17.1. The average molecular weight is 801 g/mol. The number of aryl methyl sites for hydroxylation is 4. The summed E-state index contributed by atoms with van der Waals surface area (Å²) in [6.45, 7) is 30.3. The van der Waals surface area contributed by atoms with Crippen LogP contribution in [0, 0.1) is 111 Å². The van der Waals surface area contributed by atoms with Gasteiger partial charge in [-0.3, -0.25) is 0 Å². The number of hydrogen-bond acceptors (Lipinski definition) is 4. The van der Waals surface area contributed by atoms with Crippen molar-refractivity contribution >= 4 is 0 Å². The van der Waals surface area contributed by atoms with Crippen LogP contribution < -0.4 is 0 Å². The first-order chi connectivity index (χ1) is 27.5. The van der Waals surface area contributed by atoms with Crippen molar-refractivity contribution in [3.63, 3.8) is 0 Å². The quantitative estimate of drug-likeness (QED) is 0.129. The molecule has 0 unspecified atom stereocenters. The van der Waals surface area contributed by atoms with Gasteiger partial charge in [-0.05, 0) is 277 Å². The molecule has 4 aromatic carbocycles. The fraction of sp³-hybridized carbons (Fsp3) is 0.564. The molecule has 6 rings (SSSR count). The molecule has 4 heteroatoms. The van der Waals surface area contributed by atoms with Gasteiger partial charge in [-0.25, -0.2) is 0 Å². The van der Waals surface area contributed by atoms with E-state index in [1.807, 2.05) is 27.7 Å². The molecule has 0 atom stereocenters. The summed E-state index contributed by atoms with van der Waals surface area (Å²) >= 11 is 0. The summed E-state index contributed by atoms with van der Waals surface area (Å²) in [5, 5.41) is 43.3. The standard InChI is InChI=1S/C55H76O4/c1-31-23-43(35(5)39(9)49(31)56)27-54(28-44-24-32(2)50(57)40(10)36(44)6)19-15-47(16-20-54)53(13,14)48-17-21-55(22-18-48,29-45-25-33(3)51(58)41(11)37(45)7)30-46-26-34(4)52(59)42(12)38(46)8/h23-26,47-48,56-59H,15-22,27-30H2,1-14H3. The van der Waals surface area contributed by atoms with Crippen LogP contribution in [0.1, 0.15) is 154 Å². The molecule has 0 aromatic heterocycles. The lowest BCUT2D eigenvalue weighted by atomic mass is 9.53. The minimum atomic E-state index is 0.103. The molecule has 2 aliphatic rings. The number of benzene rings is 4. The zero-order valence-corrected chi connectivity index (χ0v) is 39.2. The largest absolute Gasteiger partial charge is 0.507 e. The Bertz CT molecular complexity index is 1950. The van der Waals surface area contributed by atoms with E-state index in [4.69, 9.17) is 0 Å². The van der Waals surface area contributed by atoms with Gasteiger partial charge in [0.05, 0.1) is 0 Å². The van der Waals surface area contributed by atoms with Gasteiger partial charge < -0.3 is 20.4 Å². The molecule has 2 fully saturated rings. The van der Waals surface area contributed by atoms with Crippen LogP contribution in [0.5, 0.6) is 23.0 Å². The molecule has 0 amide bonds. The summed E-state index contributed by atoms with van der Waals surface area (Å²) in [6.07, 6.45) is 13.6. The normalized spacial score (nSPS) is 17.5. The fourth-order valence-electron chi connectivity index (χ4n) is 12.1. The fourth-order valence-corrected chi connectivity index (χ4v) is 12.1. The summed E-state index contributed by atoms with van der Waals surface area (Å²) in [5.41, 5.74) is 18.6. The molecule has 0 radical (unpaired) electrons. The van der Waals surface area contributed by atoms with Crippen molar-refractivity contribution in [3.8, 4) is 23.0 Å². The second-order valence-electron chi connectivity index (χ2n) is 20.9. The maximum Gasteiger partial charge on any atom is 0.121 e. The first kappa shape index (κ1) is 44.6. The van der Waals surface area contributed by atoms with E-state index in [1.54, 1.807) is 0 Å². The Morgan fingerprint density at radius 3 is 0.797 bits per heavy atom. The Kier molecular flexibility index (Phi) is 12.5. The van der Waals surface area contributed by atoms with Crippen LogP contribution in [0.3, 0.4) is 0 Å². The smallest absolute Gasteiger partial charge is 0.121 e. The summed E-state index contributed by atoms with van der Waals surface area (Å²) in [4.78, 5) is 0. The molecule has 2 aliphatic carbocycles. The van der Waals surface area contributed by atoms with E-state index >= 15 is 0 Å². The van der Waals surface area contributed by atoms with Gasteiger partial charge in [0, 0.05) is 0 Å². The van der Waals surface area contributed by atoms with E-state index in [1.165, 1.54) is 95.9 Å². The highest BCUT2D eigenvalue weighted by molar-refractivity contribution is 5.52. The second-order valence-corrected chi connectivity index (χ2v) is 20.9. The number of phenols is 4. The topological polar surface area (TPSA) is 80.9 Å². The first-order valence-corrected chi connectivity index (χ1v) is 22.7. The van der Waals surface area contributed by atoms with Crippen molar-refractivity contribution in [2.24, 2.45) is 28.1 Å². The third kappa shape index (κ3) is 8.41. The Labute approximate surface area is 357 Å². The highest BCUT2D eigenvalue weighted by Gasteiger charge is 2.47. The van der Waals surface area contributed by atoms with Crippen molar-refractivity contribution in [3.05, 3.63) is 113 Å². The van der Waals surface area contributed by atoms with Crippen LogP contribution >= 0.6 is 0 Å². The predicted molar refractivity (Wildman–Crippen MR) is 247 cm³/mol. The SMILES string of the molecule is Cc1cc(CC2(Cc3cc(C)c(O)c(C)c3C)CCC(C(C)(C)C3CCC(Cc4cc(C)c(O)c(C)c4C)(Cc4cc(C)c(O)c(C)c4C)CC3)CC2)c(C)c(C)c1O. The van der Waals surface area contributed by atoms with E-state index in [-0.39, 0.29) is 16.2 Å². The molecular weight excluding hydrogens is 725 g/mol. The minimum absolute atomic E-state index is 0.103. The molecule has 0 heterocycles. The summed E-state index contributed by atoms with van der Waals surface area (Å²) in [7, 11) is 0. The minimum Gasteiger partial charge on any atom is -0.507 e. The van der Waals surface area contributed by atoms with Gasteiger partial charge in [0.2, 0.25) is 0 Å². The predicted octanol–water partition coefficient (Wildman–Crippen LogP) is 13.9. The van der Waals surface area contributed by atoms with E-state index in [0.717, 1.165) is 70.2 Å². The highest BCUT2D eigenvalue weighted by atomic mass is 16.3. The Hall–Kier alpha value is -3.92. The Morgan fingerprint density at radius 2 is 0.593 bits per heavy atom. The van der Waals surface area contributed by atoms with Crippen molar-refractivity contribution < 1.29 is 20.4 Å². The zero-order chi connectivity index (χ0) is 43.5. The second kappa shape index (κ2) is 16.5. The lowest BCUT2D eigenvalue weighted by Crippen LogP contribution is -2.43. The molecule has 4 N–H and O–H groups in total. The molecule has 0 spiro atoms. The van der Waals surface area contributed by atoms with Crippen molar-refractivity contribution in [2.45, 2.75) is 174 Å². The van der Waals surface area contributed by atoms with E-state index in [2.05, 4.69) is 93.5 Å². The monoisotopic (exact) mass is 801 g/mol. The lowest BCUT2D eigenvalue weighted by Gasteiger charge is -2.52. The van der Waals surface area contributed by atoms with Crippen molar-refractivity contribution in [2.75, 3.05) is 0 Å². The van der Waals surface area contributed by atoms with Crippen LogP contribution in [0.25, 0.3) is 0 Å². The molecule has 0 bridgehead atoms. The van der Waals surface area contributed by atoms with Crippen LogP contribution in [0.15, 0.2) is 24.3 Å². The molecular formula is C55H76O4. The van der Waals surface area contributed by atoms with E-state index < -0.39 is 0 Å². The van der Waals surface area contributed by atoms with Gasteiger partial charge in [-0.1, -0.05) is 38.1 Å². The molecule has 59 heavy (non-hydrogen) atoms. The van der Waals surface area contributed by atoms with Crippen molar-refractivity contribution in [1.82, 2.24) is 0 Å². The Balaban J connectivity index is 1.27. The van der Waals surface area contributed by atoms with Gasteiger partial charge in [0.25, 0.3) is 0 Å². The van der Waals surface area contributed by atoms with Crippen molar-refractivity contribution in [1.29, 1.82) is 0 Å². The maximum atomic E-state index is 10.8. The maximum absolute atomic E-state index is 10.8. The summed E-state index contributed by atoms with van der Waals surface area (Å²) in [5.74, 6) is 3.00. The molecule has 320 valence electrons. The van der Waals surface area contributed by atoms with Crippen LogP contribution in [0.4, 0.5) is 0 Å². The number of phenolic OH excluding ortho intramolecular Hbond substituents is 4. The van der Waals surface area contributed by atoms with Crippen LogP contribution in [-0.2, 0) is 25.7 Å². The molecule has 4 aromatic rings. The highest BCUT2D eigenvalue weighted by Crippen LogP contribution is 2.57. The lowest BCUT2D eigenvalue weighted by molar-refractivity contribution is 0.00134. The first-order valence-electron chi connectivity index (χ1n) is 22.7. The van der Waals surface area contributed by atoms with Gasteiger partial charge in [0.15, 0.2) is 0 Å². The number of rotatable bonds is 10. The van der Waals surface area contributed by atoms with E-state index in [9.17, 15) is 20.4 Å².